The minimum Gasteiger partial charge on any atom is -0.466 e. The molecule has 3 heterocycles. The van der Waals surface area contributed by atoms with E-state index in [-0.39, 0.29) is 29.9 Å². The normalized spacial score (nSPS) is 15.4. The molecule has 8 heteroatoms. The van der Waals surface area contributed by atoms with Crippen molar-refractivity contribution in [3.8, 4) is 0 Å². The molecular weight excluding hydrogens is 354 g/mol. The third kappa shape index (κ3) is 3.51. The van der Waals surface area contributed by atoms with Crippen LogP contribution in [-0.2, 0) is 20.9 Å². The summed E-state index contributed by atoms with van der Waals surface area (Å²) >= 11 is 1.49. The largest absolute Gasteiger partial charge is 0.466 e. The van der Waals surface area contributed by atoms with Crippen LogP contribution in [0.1, 0.15) is 30.2 Å². The highest BCUT2D eigenvalue weighted by atomic mass is 32.1. The van der Waals surface area contributed by atoms with E-state index in [4.69, 9.17) is 4.74 Å². The predicted octanol–water partition coefficient (Wildman–Crippen LogP) is 1.88. The molecule has 0 saturated carbocycles. The summed E-state index contributed by atoms with van der Waals surface area (Å²) in [6.45, 7) is 7.01. The molecule has 1 saturated heterocycles. The lowest BCUT2D eigenvalue weighted by Gasteiger charge is -2.31. The van der Waals surface area contributed by atoms with Gasteiger partial charge < -0.3 is 9.64 Å². The fourth-order valence-electron chi connectivity index (χ4n) is 3.25. The van der Waals surface area contributed by atoms with Crippen LogP contribution in [0.15, 0.2) is 11.1 Å². The van der Waals surface area contributed by atoms with Gasteiger partial charge in [0.05, 0.1) is 24.2 Å². The summed E-state index contributed by atoms with van der Waals surface area (Å²) in [7, 11) is 0. The molecule has 0 unspecified atom stereocenters. The summed E-state index contributed by atoms with van der Waals surface area (Å²) in [4.78, 5) is 44.9. The Morgan fingerprint density at radius 3 is 2.65 bits per heavy atom. The van der Waals surface area contributed by atoms with Crippen LogP contribution in [0.5, 0.6) is 0 Å². The first-order valence-electron chi connectivity index (χ1n) is 8.82. The Labute approximate surface area is 155 Å². The second-order valence-corrected chi connectivity index (χ2v) is 7.75. The Bertz CT molecular complexity index is 894. The zero-order chi connectivity index (χ0) is 18.8. The molecule has 0 bridgehead atoms. The maximum Gasteiger partial charge on any atom is 0.309 e. The van der Waals surface area contributed by atoms with Gasteiger partial charge in [-0.3, -0.25) is 19.0 Å². The van der Waals surface area contributed by atoms with Gasteiger partial charge in [0.15, 0.2) is 0 Å². The SMILES string of the molecule is CCOC(=O)C1CCN(C(=O)Cn2cnc3sc(C)c(C)c3c2=O)CC1. The molecule has 0 atom stereocenters. The van der Waals surface area contributed by atoms with E-state index in [9.17, 15) is 14.4 Å². The first-order chi connectivity index (χ1) is 12.4. The van der Waals surface area contributed by atoms with Gasteiger partial charge in [0.25, 0.3) is 5.56 Å². The molecule has 0 aliphatic carbocycles. The molecule has 0 radical (unpaired) electrons. The van der Waals surface area contributed by atoms with Crippen molar-refractivity contribution in [2.24, 2.45) is 5.92 Å². The number of aryl methyl sites for hydroxylation is 2. The maximum atomic E-state index is 12.7. The minimum absolute atomic E-state index is 0.0276. The number of carbonyl (C=O) groups excluding carboxylic acids is 2. The molecule has 140 valence electrons. The van der Waals surface area contributed by atoms with Gasteiger partial charge in [0, 0.05) is 18.0 Å². The molecule has 2 aromatic heterocycles. The minimum atomic E-state index is -0.186. The van der Waals surface area contributed by atoms with Crippen molar-refractivity contribution in [3.05, 3.63) is 27.1 Å². The number of ether oxygens (including phenoxy) is 1. The van der Waals surface area contributed by atoms with Gasteiger partial charge >= 0.3 is 5.97 Å². The Morgan fingerprint density at radius 1 is 1.31 bits per heavy atom. The molecule has 1 amide bonds. The van der Waals surface area contributed by atoms with Crippen molar-refractivity contribution >= 4 is 33.4 Å². The number of piperidine rings is 1. The van der Waals surface area contributed by atoms with Crippen LogP contribution in [0.2, 0.25) is 0 Å². The predicted molar refractivity (Wildman–Crippen MR) is 99.3 cm³/mol. The average molecular weight is 377 g/mol. The van der Waals surface area contributed by atoms with Crippen molar-refractivity contribution in [3.63, 3.8) is 0 Å². The van der Waals surface area contributed by atoms with Crippen LogP contribution in [0, 0.1) is 19.8 Å². The zero-order valence-electron chi connectivity index (χ0n) is 15.3. The number of nitrogens with zero attached hydrogens (tertiary/aromatic N) is 3. The van der Waals surface area contributed by atoms with Gasteiger partial charge in [0.1, 0.15) is 11.4 Å². The smallest absolute Gasteiger partial charge is 0.309 e. The maximum absolute atomic E-state index is 12.7. The van der Waals surface area contributed by atoms with E-state index in [1.54, 1.807) is 11.8 Å². The third-order valence-electron chi connectivity index (χ3n) is 4.93. The Hall–Kier alpha value is -2.22. The number of amides is 1. The standard InChI is InChI=1S/C18H23N3O4S/c1-4-25-18(24)13-5-7-20(8-6-13)14(22)9-21-10-19-16-15(17(21)23)11(2)12(3)26-16/h10,13H,4-9H2,1-3H3. The lowest BCUT2D eigenvalue weighted by atomic mass is 9.97. The Morgan fingerprint density at radius 2 is 2.00 bits per heavy atom. The van der Waals surface area contributed by atoms with E-state index in [0.717, 1.165) is 10.4 Å². The summed E-state index contributed by atoms with van der Waals surface area (Å²) in [5.41, 5.74) is 0.756. The monoisotopic (exact) mass is 377 g/mol. The third-order valence-corrected chi connectivity index (χ3v) is 6.04. The van der Waals surface area contributed by atoms with Crippen molar-refractivity contribution < 1.29 is 14.3 Å². The summed E-state index contributed by atoms with van der Waals surface area (Å²) in [6, 6.07) is 0. The number of rotatable bonds is 4. The highest BCUT2D eigenvalue weighted by Crippen LogP contribution is 2.25. The van der Waals surface area contributed by atoms with E-state index in [0.29, 0.717) is 42.8 Å². The summed E-state index contributed by atoms with van der Waals surface area (Å²) in [6.07, 6.45) is 2.64. The molecule has 7 nitrogen and oxygen atoms in total. The van der Waals surface area contributed by atoms with Gasteiger partial charge in [0.2, 0.25) is 5.91 Å². The molecule has 2 aromatic rings. The number of esters is 1. The number of hydrogen-bond acceptors (Lipinski definition) is 6. The van der Waals surface area contributed by atoms with Crippen LogP contribution in [0.4, 0.5) is 0 Å². The van der Waals surface area contributed by atoms with Gasteiger partial charge in [-0.05, 0) is 39.2 Å². The van der Waals surface area contributed by atoms with Crippen molar-refractivity contribution in [1.82, 2.24) is 14.5 Å². The molecule has 3 rings (SSSR count). The van der Waals surface area contributed by atoms with Crippen LogP contribution >= 0.6 is 11.3 Å². The van der Waals surface area contributed by atoms with Gasteiger partial charge in [-0.2, -0.15) is 0 Å². The number of fused-ring (bicyclic) bond motifs is 1. The first-order valence-corrected chi connectivity index (χ1v) is 9.63. The topological polar surface area (TPSA) is 81.5 Å². The summed E-state index contributed by atoms with van der Waals surface area (Å²) < 4.78 is 6.42. The van der Waals surface area contributed by atoms with Crippen LogP contribution < -0.4 is 5.56 Å². The van der Waals surface area contributed by atoms with Crippen molar-refractivity contribution in [1.29, 1.82) is 0 Å². The van der Waals surface area contributed by atoms with Gasteiger partial charge in [-0.25, -0.2) is 4.98 Å². The molecule has 0 spiro atoms. The number of thiophene rings is 1. The van der Waals surface area contributed by atoms with E-state index in [2.05, 4.69) is 4.98 Å². The fraction of sp³-hybridized carbons (Fsp3) is 0.556. The quantitative estimate of drug-likeness (QED) is 0.760. The Kier molecular flexibility index (Phi) is 5.41. The van der Waals surface area contributed by atoms with Crippen molar-refractivity contribution in [2.45, 2.75) is 40.2 Å². The zero-order valence-corrected chi connectivity index (χ0v) is 16.1. The first kappa shape index (κ1) is 18.6. The van der Waals surface area contributed by atoms with Crippen LogP contribution in [0.3, 0.4) is 0 Å². The van der Waals surface area contributed by atoms with E-state index in [1.807, 2.05) is 13.8 Å². The lowest BCUT2D eigenvalue weighted by molar-refractivity contribution is -0.151. The van der Waals surface area contributed by atoms with Gasteiger partial charge in [-0.1, -0.05) is 0 Å². The van der Waals surface area contributed by atoms with E-state index in [1.165, 1.54) is 22.2 Å². The number of hydrogen-bond donors (Lipinski definition) is 0. The fourth-order valence-corrected chi connectivity index (χ4v) is 4.24. The molecule has 1 aliphatic heterocycles. The van der Waals surface area contributed by atoms with Crippen molar-refractivity contribution in [2.75, 3.05) is 19.7 Å². The average Bonchev–Trinajstić information content (AvgIpc) is 2.92. The molecule has 26 heavy (non-hydrogen) atoms. The lowest BCUT2D eigenvalue weighted by Crippen LogP contribution is -2.43. The molecule has 1 aliphatic rings. The highest BCUT2D eigenvalue weighted by molar-refractivity contribution is 7.18. The second-order valence-electron chi connectivity index (χ2n) is 6.55. The molecule has 0 N–H and O–H groups in total. The van der Waals surface area contributed by atoms with Crippen LogP contribution in [-0.4, -0.2) is 46.0 Å². The van der Waals surface area contributed by atoms with Crippen LogP contribution in [0.25, 0.3) is 10.2 Å². The molecular formula is C18H23N3O4S. The Balaban J connectivity index is 1.69. The van der Waals surface area contributed by atoms with Gasteiger partial charge in [-0.15, -0.1) is 11.3 Å². The molecule has 0 aromatic carbocycles. The molecule has 1 fully saturated rings. The highest BCUT2D eigenvalue weighted by Gasteiger charge is 2.28. The number of likely N-dealkylation sites (tertiary alicyclic amines) is 1. The second kappa shape index (κ2) is 7.57. The van der Waals surface area contributed by atoms with E-state index >= 15 is 0 Å². The summed E-state index contributed by atoms with van der Waals surface area (Å²) in [5, 5.41) is 0.601. The summed E-state index contributed by atoms with van der Waals surface area (Å²) in [5.74, 6) is -0.454. The van der Waals surface area contributed by atoms with E-state index < -0.39 is 0 Å². The number of carbonyl (C=O) groups is 2. The number of aromatic nitrogens is 2.